The van der Waals surface area contributed by atoms with Gasteiger partial charge in [0, 0.05) is 36.8 Å². The summed E-state index contributed by atoms with van der Waals surface area (Å²) in [4.78, 5) is 20.0. The zero-order chi connectivity index (χ0) is 17.1. The molecule has 1 aromatic carbocycles. The number of hydrogen-bond donors (Lipinski definition) is 2. The first-order chi connectivity index (χ1) is 11.5. The molecule has 1 fully saturated rings. The molecule has 2 aliphatic rings. The topological polar surface area (TPSA) is 68.2 Å². The van der Waals surface area contributed by atoms with E-state index in [0.717, 1.165) is 25.2 Å². The number of amides is 2. The molecular formula is C17H21ClN4O2. The molecular weight excluding hydrogens is 328 g/mol. The number of anilines is 2. The third kappa shape index (κ3) is 3.71. The van der Waals surface area contributed by atoms with Crippen molar-refractivity contribution in [2.45, 2.75) is 19.4 Å². The van der Waals surface area contributed by atoms with Crippen molar-refractivity contribution in [1.29, 1.82) is 0 Å². The SMILES string of the molecule is CC(O)C1CCN(c2ccc(Cl)cc2NC(=O)N2C=NC=CC2)C1. The van der Waals surface area contributed by atoms with Gasteiger partial charge in [-0.3, -0.25) is 4.90 Å². The molecule has 2 amide bonds. The Morgan fingerprint density at radius 3 is 3.00 bits per heavy atom. The summed E-state index contributed by atoms with van der Waals surface area (Å²) >= 11 is 6.11. The number of aliphatic hydroxyl groups excluding tert-OH is 1. The van der Waals surface area contributed by atoms with E-state index in [9.17, 15) is 9.90 Å². The van der Waals surface area contributed by atoms with Crippen LogP contribution in [0, 0.1) is 5.92 Å². The van der Waals surface area contributed by atoms with Crippen LogP contribution in [0.3, 0.4) is 0 Å². The number of nitrogens with one attached hydrogen (secondary N) is 1. The monoisotopic (exact) mass is 348 g/mol. The number of carbonyl (C=O) groups excluding carboxylic acids is 1. The average Bonchev–Trinajstić information content (AvgIpc) is 3.06. The summed E-state index contributed by atoms with van der Waals surface area (Å²) in [6, 6.07) is 5.22. The van der Waals surface area contributed by atoms with E-state index in [-0.39, 0.29) is 18.1 Å². The van der Waals surface area contributed by atoms with Gasteiger partial charge >= 0.3 is 6.03 Å². The first kappa shape index (κ1) is 16.8. The van der Waals surface area contributed by atoms with Gasteiger partial charge in [0.05, 0.1) is 23.8 Å². The molecule has 2 aliphatic heterocycles. The summed E-state index contributed by atoms with van der Waals surface area (Å²) in [5, 5.41) is 13.3. The standard InChI is InChI=1S/C17H21ClN4O2/c1-12(23)13-5-8-21(10-13)16-4-3-14(18)9-15(16)20-17(24)22-7-2-6-19-11-22/h2-4,6,9,11-13,23H,5,7-8,10H2,1H3,(H,20,24). The molecule has 1 aromatic rings. The number of aliphatic hydroxyl groups is 1. The van der Waals surface area contributed by atoms with Gasteiger partial charge < -0.3 is 15.3 Å². The predicted octanol–water partition coefficient (Wildman–Crippen LogP) is 2.94. The fourth-order valence-corrected chi connectivity index (χ4v) is 3.17. The molecule has 0 saturated carbocycles. The van der Waals surface area contributed by atoms with Gasteiger partial charge in [0.2, 0.25) is 0 Å². The van der Waals surface area contributed by atoms with E-state index in [1.165, 1.54) is 11.2 Å². The Balaban J connectivity index is 1.77. The quantitative estimate of drug-likeness (QED) is 0.882. The minimum atomic E-state index is -0.336. The van der Waals surface area contributed by atoms with Crippen LogP contribution in [0.1, 0.15) is 13.3 Å². The maximum absolute atomic E-state index is 12.4. The summed E-state index contributed by atoms with van der Waals surface area (Å²) in [6.07, 6.45) is 5.56. The molecule has 24 heavy (non-hydrogen) atoms. The summed E-state index contributed by atoms with van der Waals surface area (Å²) in [7, 11) is 0. The summed E-state index contributed by atoms with van der Waals surface area (Å²) in [6.45, 7) is 3.91. The van der Waals surface area contributed by atoms with E-state index < -0.39 is 0 Å². The van der Waals surface area contributed by atoms with Gasteiger partial charge in [-0.2, -0.15) is 0 Å². The number of benzene rings is 1. The first-order valence-corrected chi connectivity index (χ1v) is 8.41. The Labute approximate surface area is 146 Å². The summed E-state index contributed by atoms with van der Waals surface area (Å²) < 4.78 is 0. The lowest BCUT2D eigenvalue weighted by molar-refractivity contribution is 0.136. The lowest BCUT2D eigenvalue weighted by Crippen LogP contribution is -2.35. The highest BCUT2D eigenvalue weighted by Gasteiger charge is 2.28. The van der Waals surface area contributed by atoms with Crippen LogP contribution in [0.2, 0.25) is 5.02 Å². The molecule has 0 bridgehead atoms. The van der Waals surface area contributed by atoms with Gasteiger partial charge in [-0.15, -0.1) is 0 Å². The molecule has 6 nitrogen and oxygen atoms in total. The Kier molecular flexibility index (Phi) is 5.06. The second-order valence-electron chi connectivity index (χ2n) is 6.13. The highest BCUT2D eigenvalue weighted by atomic mass is 35.5. The Morgan fingerprint density at radius 1 is 1.50 bits per heavy atom. The molecule has 0 aliphatic carbocycles. The smallest absolute Gasteiger partial charge is 0.327 e. The van der Waals surface area contributed by atoms with Crippen LogP contribution in [0.5, 0.6) is 0 Å². The van der Waals surface area contributed by atoms with Crippen LogP contribution < -0.4 is 10.2 Å². The first-order valence-electron chi connectivity index (χ1n) is 8.03. The highest BCUT2D eigenvalue weighted by Crippen LogP contribution is 2.33. The van der Waals surface area contributed by atoms with Crippen molar-refractivity contribution < 1.29 is 9.90 Å². The van der Waals surface area contributed by atoms with Gasteiger partial charge in [-0.05, 0) is 37.6 Å². The maximum atomic E-state index is 12.4. The van der Waals surface area contributed by atoms with Crippen molar-refractivity contribution in [2.75, 3.05) is 29.9 Å². The predicted molar refractivity (Wildman–Crippen MR) is 96.8 cm³/mol. The van der Waals surface area contributed by atoms with E-state index in [0.29, 0.717) is 17.3 Å². The third-order valence-electron chi connectivity index (χ3n) is 4.41. The van der Waals surface area contributed by atoms with E-state index in [1.54, 1.807) is 12.3 Å². The van der Waals surface area contributed by atoms with Crippen molar-refractivity contribution in [3.63, 3.8) is 0 Å². The molecule has 2 atom stereocenters. The summed E-state index contributed by atoms with van der Waals surface area (Å²) in [5.74, 6) is 0.239. The van der Waals surface area contributed by atoms with Crippen LogP contribution in [0.15, 0.2) is 35.5 Å². The lowest BCUT2D eigenvalue weighted by atomic mass is 10.0. The Morgan fingerprint density at radius 2 is 2.33 bits per heavy atom. The number of carbonyl (C=O) groups is 1. The number of halogens is 1. The maximum Gasteiger partial charge on any atom is 0.327 e. The van der Waals surface area contributed by atoms with E-state index in [4.69, 9.17) is 11.6 Å². The van der Waals surface area contributed by atoms with Crippen LogP contribution in [-0.2, 0) is 0 Å². The van der Waals surface area contributed by atoms with Crippen molar-refractivity contribution in [3.05, 3.63) is 35.5 Å². The van der Waals surface area contributed by atoms with Gasteiger partial charge in [0.25, 0.3) is 0 Å². The van der Waals surface area contributed by atoms with Gasteiger partial charge in [-0.1, -0.05) is 11.6 Å². The lowest BCUT2D eigenvalue weighted by Gasteiger charge is -2.25. The molecule has 2 heterocycles. The number of hydrogen-bond acceptors (Lipinski definition) is 4. The van der Waals surface area contributed by atoms with Gasteiger partial charge in [0.15, 0.2) is 0 Å². The van der Waals surface area contributed by atoms with Crippen LogP contribution >= 0.6 is 11.6 Å². The zero-order valence-corrected chi connectivity index (χ0v) is 14.3. The zero-order valence-electron chi connectivity index (χ0n) is 13.5. The summed E-state index contributed by atoms with van der Waals surface area (Å²) in [5.41, 5.74) is 1.59. The minimum absolute atomic E-state index is 0.239. The van der Waals surface area contributed by atoms with E-state index in [1.807, 2.05) is 25.1 Å². The minimum Gasteiger partial charge on any atom is -0.393 e. The molecule has 7 heteroatoms. The van der Waals surface area contributed by atoms with Crippen LogP contribution in [-0.4, -0.2) is 48.1 Å². The molecule has 0 aromatic heterocycles. The highest BCUT2D eigenvalue weighted by molar-refractivity contribution is 6.31. The van der Waals surface area contributed by atoms with Crippen molar-refractivity contribution in [2.24, 2.45) is 10.9 Å². The average molecular weight is 349 g/mol. The van der Waals surface area contributed by atoms with Gasteiger partial charge in [0.1, 0.15) is 0 Å². The molecule has 3 rings (SSSR count). The largest absolute Gasteiger partial charge is 0.393 e. The second-order valence-corrected chi connectivity index (χ2v) is 6.57. The second kappa shape index (κ2) is 7.23. The fourth-order valence-electron chi connectivity index (χ4n) is 2.99. The van der Waals surface area contributed by atoms with Crippen LogP contribution in [0.25, 0.3) is 0 Å². The normalized spacial score (nSPS) is 21.2. The molecule has 1 saturated heterocycles. The molecule has 2 N–H and O–H groups in total. The molecule has 0 spiro atoms. The third-order valence-corrected chi connectivity index (χ3v) is 4.64. The molecule has 0 radical (unpaired) electrons. The molecule has 2 unspecified atom stereocenters. The van der Waals surface area contributed by atoms with E-state index >= 15 is 0 Å². The number of urea groups is 1. The Hall–Kier alpha value is -2.05. The van der Waals surface area contributed by atoms with Crippen LogP contribution in [0.4, 0.5) is 16.2 Å². The van der Waals surface area contributed by atoms with E-state index in [2.05, 4.69) is 15.2 Å². The van der Waals surface area contributed by atoms with Crippen molar-refractivity contribution in [1.82, 2.24) is 4.90 Å². The van der Waals surface area contributed by atoms with Gasteiger partial charge in [-0.25, -0.2) is 9.79 Å². The number of aliphatic imine (C=N–C) groups is 1. The fraction of sp³-hybridized carbons (Fsp3) is 0.412. The number of nitrogens with zero attached hydrogens (tertiary/aromatic N) is 3. The van der Waals surface area contributed by atoms with Crippen molar-refractivity contribution >= 4 is 35.3 Å². The Bertz CT molecular complexity index is 675. The number of rotatable bonds is 3. The molecule has 128 valence electrons. The van der Waals surface area contributed by atoms with Crippen molar-refractivity contribution in [3.8, 4) is 0 Å².